The van der Waals surface area contributed by atoms with Gasteiger partial charge < -0.3 is 10.1 Å². The standard InChI is InChI=1S/C15H9F3N2O2/c16-9-3-2-8(13(17)14(9)18)15-19-10-4-1-7(6-12(21)22)5-11(10)20-15/h1-5H,6H2,(H,19,20)(H,21,22). The molecule has 0 radical (unpaired) electrons. The van der Waals surface area contributed by atoms with Gasteiger partial charge in [-0.25, -0.2) is 18.2 Å². The number of H-pyrrole nitrogens is 1. The number of aromatic amines is 1. The molecular weight excluding hydrogens is 297 g/mol. The van der Waals surface area contributed by atoms with Gasteiger partial charge >= 0.3 is 5.97 Å². The second kappa shape index (κ2) is 5.18. The Balaban J connectivity index is 2.09. The quantitative estimate of drug-likeness (QED) is 0.730. The number of aliphatic carboxylic acids is 1. The summed E-state index contributed by atoms with van der Waals surface area (Å²) in [4.78, 5) is 17.6. The maximum atomic E-state index is 13.8. The number of hydrogen-bond acceptors (Lipinski definition) is 2. The molecule has 3 rings (SSSR count). The molecule has 22 heavy (non-hydrogen) atoms. The molecule has 0 aliphatic rings. The lowest BCUT2D eigenvalue weighted by Gasteiger charge is -2.00. The number of hydrogen-bond donors (Lipinski definition) is 2. The summed E-state index contributed by atoms with van der Waals surface area (Å²) in [5, 5.41) is 8.76. The summed E-state index contributed by atoms with van der Waals surface area (Å²) in [5.41, 5.74) is 1.29. The molecule has 0 aliphatic carbocycles. The second-order valence-electron chi connectivity index (χ2n) is 4.73. The van der Waals surface area contributed by atoms with E-state index in [4.69, 9.17) is 5.11 Å². The molecule has 4 nitrogen and oxygen atoms in total. The number of imidazole rings is 1. The van der Waals surface area contributed by atoms with Gasteiger partial charge in [-0.05, 0) is 29.8 Å². The van der Waals surface area contributed by atoms with Crippen LogP contribution in [-0.2, 0) is 11.2 Å². The summed E-state index contributed by atoms with van der Waals surface area (Å²) >= 11 is 0. The van der Waals surface area contributed by atoms with Gasteiger partial charge in [0.05, 0.1) is 23.0 Å². The Morgan fingerprint density at radius 2 is 1.91 bits per heavy atom. The second-order valence-corrected chi connectivity index (χ2v) is 4.73. The summed E-state index contributed by atoms with van der Waals surface area (Å²) in [6.45, 7) is 0. The molecule has 2 aromatic carbocycles. The fraction of sp³-hybridized carbons (Fsp3) is 0.0667. The van der Waals surface area contributed by atoms with E-state index >= 15 is 0 Å². The van der Waals surface area contributed by atoms with E-state index in [9.17, 15) is 18.0 Å². The number of rotatable bonds is 3. The largest absolute Gasteiger partial charge is 0.481 e. The molecule has 0 atom stereocenters. The highest BCUT2D eigenvalue weighted by molar-refractivity contribution is 5.81. The van der Waals surface area contributed by atoms with Gasteiger partial charge in [-0.15, -0.1) is 0 Å². The topological polar surface area (TPSA) is 66.0 Å². The predicted molar refractivity (Wildman–Crippen MR) is 72.7 cm³/mol. The lowest BCUT2D eigenvalue weighted by atomic mass is 10.1. The van der Waals surface area contributed by atoms with Crippen LogP contribution in [0.1, 0.15) is 5.56 Å². The van der Waals surface area contributed by atoms with Gasteiger partial charge in [0, 0.05) is 0 Å². The van der Waals surface area contributed by atoms with Crippen molar-refractivity contribution in [1.82, 2.24) is 9.97 Å². The van der Waals surface area contributed by atoms with Gasteiger partial charge in [0.25, 0.3) is 0 Å². The van der Waals surface area contributed by atoms with E-state index < -0.39 is 23.4 Å². The molecule has 1 heterocycles. The monoisotopic (exact) mass is 306 g/mol. The van der Waals surface area contributed by atoms with E-state index in [1.54, 1.807) is 18.2 Å². The van der Waals surface area contributed by atoms with E-state index in [1.807, 2.05) is 0 Å². The molecule has 2 N–H and O–H groups in total. The number of fused-ring (bicyclic) bond motifs is 1. The number of nitrogens with zero attached hydrogens (tertiary/aromatic N) is 1. The smallest absolute Gasteiger partial charge is 0.307 e. The van der Waals surface area contributed by atoms with Gasteiger partial charge in [0.2, 0.25) is 0 Å². The summed E-state index contributed by atoms with van der Waals surface area (Å²) in [5.74, 6) is -5.11. The Hall–Kier alpha value is -2.83. The van der Waals surface area contributed by atoms with Gasteiger partial charge in [-0.1, -0.05) is 6.07 Å². The van der Waals surface area contributed by atoms with Crippen LogP contribution in [0.2, 0.25) is 0 Å². The first-order valence-electron chi connectivity index (χ1n) is 6.30. The van der Waals surface area contributed by atoms with Crippen molar-refractivity contribution >= 4 is 17.0 Å². The van der Waals surface area contributed by atoms with Crippen LogP contribution in [0.25, 0.3) is 22.4 Å². The van der Waals surface area contributed by atoms with Crippen LogP contribution in [0.4, 0.5) is 13.2 Å². The Bertz CT molecular complexity index is 890. The van der Waals surface area contributed by atoms with Crippen molar-refractivity contribution in [1.29, 1.82) is 0 Å². The lowest BCUT2D eigenvalue weighted by Crippen LogP contribution is -1.99. The molecule has 0 amide bonds. The van der Waals surface area contributed by atoms with Crippen molar-refractivity contribution in [2.75, 3.05) is 0 Å². The SMILES string of the molecule is O=C(O)Cc1ccc2nc(-c3ccc(F)c(F)c3F)[nH]c2c1. The normalized spacial score (nSPS) is 11.0. The fourth-order valence-corrected chi connectivity index (χ4v) is 2.18. The third-order valence-electron chi connectivity index (χ3n) is 3.19. The minimum atomic E-state index is -1.57. The first-order chi connectivity index (χ1) is 10.5. The summed E-state index contributed by atoms with van der Waals surface area (Å²) < 4.78 is 40.0. The number of halogens is 3. The van der Waals surface area contributed by atoms with Crippen molar-refractivity contribution in [2.45, 2.75) is 6.42 Å². The molecule has 0 spiro atoms. The molecule has 7 heteroatoms. The van der Waals surface area contributed by atoms with Crippen LogP contribution in [0, 0.1) is 17.5 Å². The predicted octanol–water partition coefficient (Wildman–Crippen LogP) is 3.27. The molecule has 1 aromatic heterocycles. The Kier molecular flexibility index (Phi) is 3.32. The molecule has 0 unspecified atom stereocenters. The molecule has 112 valence electrons. The molecule has 0 saturated heterocycles. The maximum absolute atomic E-state index is 13.8. The number of carboxylic acids is 1. The Labute approximate surface area is 122 Å². The van der Waals surface area contributed by atoms with E-state index in [2.05, 4.69) is 9.97 Å². The average molecular weight is 306 g/mol. The van der Waals surface area contributed by atoms with Gasteiger partial charge in [0.1, 0.15) is 5.82 Å². The van der Waals surface area contributed by atoms with Crippen LogP contribution >= 0.6 is 0 Å². The minimum absolute atomic E-state index is 0.0406. The van der Waals surface area contributed by atoms with Crippen LogP contribution in [-0.4, -0.2) is 21.0 Å². The summed E-state index contributed by atoms with van der Waals surface area (Å²) in [6.07, 6.45) is -0.163. The molecule has 3 aromatic rings. The highest BCUT2D eigenvalue weighted by Crippen LogP contribution is 2.26. The first-order valence-corrected chi connectivity index (χ1v) is 6.30. The fourth-order valence-electron chi connectivity index (χ4n) is 2.18. The van der Waals surface area contributed by atoms with Crippen molar-refractivity contribution in [3.63, 3.8) is 0 Å². The number of carbonyl (C=O) groups is 1. The molecule has 0 aliphatic heterocycles. The summed E-state index contributed by atoms with van der Waals surface area (Å²) in [6, 6.07) is 6.63. The number of benzene rings is 2. The van der Waals surface area contributed by atoms with E-state index in [0.29, 0.717) is 16.6 Å². The molecule has 0 fully saturated rings. The Morgan fingerprint density at radius 3 is 2.64 bits per heavy atom. The highest BCUT2D eigenvalue weighted by Gasteiger charge is 2.17. The van der Waals surface area contributed by atoms with Crippen molar-refractivity contribution in [3.05, 3.63) is 53.3 Å². The van der Waals surface area contributed by atoms with Crippen LogP contribution < -0.4 is 0 Å². The average Bonchev–Trinajstić information content (AvgIpc) is 2.87. The van der Waals surface area contributed by atoms with Gasteiger partial charge in [-0.2, -0.15) is 0 Å². The van der Waals surface area contributed by atoms with Gasteiger partial charge in [0.15, 0.2) is 17.5 Å². The van der Waals surface area contributed by atoms with Crippen LogP contribution in [0.15, 0.2) is 30.3 Å². The highest BCUT2D eigenvalue weighted by atomic mass is 19.2. The Morgan fingerprint density at radius 1 is 1.14 bits per heavy atom. The van der Waals surface area contributed by atoms with Crippen LogP contribution in [0.5, 0.6) is 0 Å². The molecular formula is C15H9F3N2O2. The van der Waals surface area contributed by atoms with Crippen LogP contribution in [0.3, 0.4) is 0 Å². The lowest BCUT2D eigenvalue weighted by molar-refractivity contribution is -0.136. The van der Waals surface area contributed by atoms with Crippen molar-refractivity contribution in [3.8, 4) is 11.4 Å². The zero-order valence-corrected chi connectivity index (χ0v) is 11.0. The van der Waals surface area contributed by atoms with E-state index in [-0.39, 0.29) is 17.8 Å². The van der Waals surface area contributed by atoms with Gasteiger partial charge in [-0.3, -0.25) is 4.79 Å². The third kappa shape index (κ3) is 2.41. The number of nitrogens with one attached hydrogen (secondary N) is 1. The first kappa shape index (κ1) is 14.1. The summed E-state index contributed by atoms with van der Waals surface area (Å²) in [7, 11) is 0. The molecule has 0 saturated carbocycles. The van der Waals surface area contributed by atoms with Crippen molar-refractivity contribution in [2.24, 2.45) is 0 Å². The third-order valence-corrected chi connectivity index (χ3v) is 3.19. The molecule has 0 bridgehead atoms. The van der Waals surface area contributed by atoms with E-state index in [0.717, 1.165) is 12.1 Å². The van der Waals surface area contributed by atoms with E-state index in [1.165, 1.54) is 0 Å². The number of aromatic nitrogens is 2. The zero-order valence-electron chi connectivity index (χ0n) is 11.0. The maximum Gasteiger partial charge on any atom is 0.307 e. The van der Waals surface area contributed by atoms with Crippen molar-refractivity contribution < 1.29 is 23.1 Å². The minimum Gasteiger partial charge on any atom is -0.481 e. The zero-order chi connectivity index (χ0) is 15.9. The number of carboxylic acid groups (broad SMARTS) is 1.